The quantitative estimate of drug-likeness (QED) is 0.619. The standard InChI is InChI=1S/C11H22N2O3/c1-9-3-4-12-7-10(9)13-11(14)8-16-6-5-15-2/h9-10,12H,3-8H2,1-2H3,(H,13,14). The minimum atomic E-state index is -0.0448. The number of carbonyl (C=O) groups is 1. The average Bonchev–Trinajstić information content (AvgIpc) is 2.28. The number of piperidine rings is 1. The van der Waals surface area contributed by atoms with Crippen LogP contribution in [-0.4, -0.2) is 52.0 Å². The van der Waals surface area contributed by atoms with Gasteiger partial charge in [0.05, 0.1) is 13.2 Å². The normalized spacial score (nSPS) is 25.4. The fraction of sp³-hybridized carbons (Fsp3) is 0.909. The van der Waals surface area contributed by atoms with Crippen molar-refractivity contribution >= 4 is 5.91 Å². The zero-order valence-corrected chi connectivity index (χ0v) is 10.1. The highest BCUT2D eigenvalue weighted by Crippen LogP contribution is 2.10. The Labute approximate surface area is 96.9 Å². The van der Waals surface area contributed by atoms with E-state index in [2.05, 4.69) is 17.6 Å². The van der Waals surface area contributed by atoms with Gasteiger partial charge in [0, 0.05) is 19.7 Å². The number of rotatable bonds is 6. The Morgan fingerprint density at radius 3 is 3.00 bits per heavy atom. The molecule has 1 amide bonds. The van der Waals surface area contributed by atoms with Crippen molar-refractivity contribution in [2.75, 3.05) is 40.0 Å². The lowest BCUT2D eigenvalue weighted by Gasteiger charge is -2.30. The number of hydrogen-bond donors (Lipinski definition) is 2. The van der Waals surface area contributed by atoms with Crippen LogP contribution in [0.5, 0.6) is 0 Å². The van der Waals surface area contributed by atoms with Crippen LogP contribution in [0.15, 0.2) is 0 Å². The predicted octanol–water partition coefficient (Wildman–Crippen LogP) is -0.236. The summed E-state index contributed by atoms with van der Waals surface area (Å²) in [5, 5.41) is 6.25. The molecular weight excluding hydrogens is 208 g/mol. The van der Waals surface area contributed by atoms with Gasteiger partial charge < -0.3 is 20.1 Å². The van der Waals surface area contributed by atoms with Crippen LogP contribution in [0.3, 0.4) is 0 Å². The molecule has 1 aliphatic rings. The van der Waals surface area contributed by atoms with Gasteiger partial charge in [0.2, 0.25) is 5.91 Å². The van der Waals surface area contributed by atoms with Gasteiger partial charge in [0.25, 0.3) is 0 Å². The summed E-state index contributed by atoms with van der Waals surface area (Å²) in [4.78, 5) is 11.5. The smallest absolute Gasteiger partial charge is 0.246 e. The lowest BCUT2D eigenvalue weighted by Crippen LogP contribution is -2.51. The van der Waals surface area contributed by atoms with Gasteiger partial charge in [-0.25, -0.2) is 0 Å². The van der Waals surface area contributed by atoms with Crippen LogP contribution in [0.1, 0.15) is 13.3 Å². The molecule has 0 aromatic heterocycles. The molecule has 5 heteroatoms. The summed E-state index contributed by atoms with van der Waals surface area (Å²) >= 11 is 0. The molecule has 1 aliphatic heterocycles. The monoisotopic (exact) mass is 230 g/mol. The van der Waals surface area contributed by atoms with E-state index in [-0.39, 0.29) is 18.6 Å². The molecule has 1 fully saturated rings. The first-order chi connectivity index (χ1) is 7.74. The molecule has 16 heavy (non-hydrogen) atoms. The van der Waals surface area contributed by atoms with E-state index in [0.717, 1.165) is 19.5 Å². The maximum absolute atomic E-state index is 11.5. The second-order valence-corrected chi connectivity index (χ2v) is 4.19. The zero-order chi connectivity index (χ0) is 11.8. The van der Waals surface area contributed by atoms with E-state index < -0.39 is 0 Å². The van der Waals surface area contributed by atoms with Gasteiger partial charge >= 0.3 is 0 Å². The van der Waals surface area contributed by atoms with E-state index in [1.807, 2.05) is 0 Å². The van der Waals surface area contributed by atoms with Gasteiger partial charge in [-0.05, 0) is 18.9 Å². The predicted molar refractivity (Wildman–Crippen MR) is 61.3 cm³/mol. The fourth-order valence-corrected chi connectivity index (χ4v) is 1.74. The van der Waals surface area contributed by atoms with E-state index in [1.54, 1.807) is 7.11 Å². The van der Waals surface area contributed by atoms with Crippen molar-refractivity contribution in [1.82, 2.24) is 10.6 Å². The summed E-state index contributed by atoms with van der Waals surface area (Å²) in [6.45, 7) is 5.16. The van der Waals surface area contributed by atoms with Crippen molar-refractivity contribution in [3.8, 4) is 0 Å². The Bertz CT molecular complexity index is 211. The second kappa shape index (κ2) is 7.60. The van der Waals surface area contributed by atoms with Crippen molar-refractivity contribution in [2.24, 2.45) is 5.92 Å². The first-order valence-corrected chi connectivity index (χ1v) is 5.80. The van der Waals surface area contributed by atoms with Crippen LogP contribution in [0.4, 0.5) is 0 Å². The van der Waals surface area contributed by atoms with E-state index in [0.29, 0.717) is 19.1 Å². The van der Waals surface area contributed by atoms with E-state index in [1.165, 1.54) is 0 Å². The van der Waals surface area contributed by atoms with Gasteiger partial charge in [-0.3, -0.25) is 4.79 Å². The van der Waals surface area contributed by atoms with Crippen LogP contribution in [-0.2, 0) is 14.3 Å². The Morgan fingerprint density at radius 1 is 1.50 bits per heavy atom. The number of carbonyl (C=O) groups excluding carboxylic acids is 1. The summed E-state index contributed by atoms with van der Waals surface area (Å²) in [5.74, 6) is 0.487. The molecule has 0 saturated carbocycles. The van der Waals surface area contributed by atoms with Crippen molar-refractivity contribution in [1.29, 1.82) is 0 Å². The largest absolute Gasteiger partial charge is 0.382 e. The molecule has 1 rings (SSSR count). The molecule has 2 unspecified atom stereocenters. The SMILES string of the molecule is COCCOCC(=O)NC1CNCCC1C. The average molecular weight is 230 g/mol. The van der Waals surface area contributed by atoms with Crippen molar-refractivity contribution in [3.05, 3.63) is 0 Å². The summed E-state index contributed by atoms with van der Waals surface area (Å²) in [6, 6.07) is 0.229. The molecule has 0 spiro atoms. The third kappa shape index (κ3) is 4.92. The molecule has 94 valence electrons. The molecule has 0 aromatic carbocycles. The topological polar surface area (TPSA) is 59.6 Å². The molecule has 1 saturated heterocycles. The molecule has 0 radical (unpaired) electrons. The molecule has 0 aliphatic carbocycles. The highest BCUT2D eigenvalue weighted by molar-refractivity contribution is 5.77. The number of amides is 1. The maximum atomic E-state index is 11.5. The van der Waals surface area contributed by atoms with Gasteiger partial charge in [-0.2, -0.15) is 0 Å². The number of nitrogens with one attached hydrogen (secondary N) is 2. The van der Waals surface area contributed by atoms with Crippen LogP contribution in [0, 0.1) is 5.92 Å². The minimum absolute atomic E-state index is 0.0448. The molecule has 2 N–H and O–H groups in total. The lowest BCUT2D eigenvalue weighted by molar-refractivity contribution is -0.127. The van der Waals surface area contributed by atoms with Crippen LogP contribution in [0.2, 0.25) is 0 Å². The van der Waals surface area contributed by atoms with Crippen molar-refractivity contribution in [2.45, 2.75) is 19.4 Å². The highest BCUT2D eigenvalue weighted by atomic mass is 16.5. The van der Waals surface area contributed by atoms with Crippen LogP contribution >= 0.6 is 0 Å². The summed E-state index contributed by atoms with van der Waals surface area (Å²) < 4.78 is 9.98. The minimum Gasteiger partial charge on any atom is -0.382 e. The Morgan fingerprint density at radius 2 is 2.31 bits per heavy atom. The van der Waals surface area contributed by atoms with E-state index >= 15 is 0 Å². The first kappa shape index (κ1) is 13.4. The molecule has 0 aromatic rings. The van der Waals surface area contributed by atoms with Gasteiger partial charge in [-0.15, -0.1) is 0 Å². The van der Waals surface area contributed by atoms with Gasteiger partial charge in [0.15, 0.2) is 0 Å². The number of hydrogen-bond acceptors (Lipinski definition) is 4. The van der Waals surface area contributed by atoms with Crippen molar-refractivity contribution < 1.29 is 14.3 Å². The highest BCUT2D eigenvalue weighted by Gasteiger charge is 2.22. The third-order valence-corrected chi connectivity index (χ3v) is 2.84. The van der Waals surface area contributed by atoms with Crippen LogP contribution in [0.25, 0.3) is 0 Å². The van der Waals surface area contributed by atoms with E-state index in [9.17, 15) is 4.79 Å². The summed E-state index contributed by atoms with van der Waals surface area (Å²) in [7, 11) is 1.61. The first-order valence-electron chi connectivity index (χ1n) is 5.80. The van der Waals surface area contributed by atoms with Crippen LogP contribution < -0.4 is 10.6 Å². The Balaban J connectivity index is 2.12. The van der Waals surface area contributed by atoms with Crippen molar-refractivity contribution in [3.63, 3.8) is 0 Å². The number of ether oxygens (including phenoxy) is 2. The third-order valence-electron chi connectivity index (χ3n) is 2.84. The van der Waals surface area contributed by atoms with E-state index in [4.69, 9.17) is 9.47 Å². The molecule has 2 atom stereocenters. The fourth-order valence-electron chi connectivity index (χ4n) is 1.74. The molecule has 1 heterocycles. The molecule has 0 bridgehead atoms. The maximum Gasteiger partial charge on any atom is 0.246 e. The lowest BCUT2D eigenvalue weighted by atomic mass is 9.95. The Kier molecular flexibility index (Phi) is 6.37. The molecular formula is C11H22N2O3. The summed E-state index contributed by atoms with van der Waals surface area (Å²) in [5.41, 5.74) is 0. The Hall–Kier alpha value is -0.650. The zero-order valence-electron chi connectivity index (χ0n) is 10.1. The number of methoxy groups -OCH3 is 1. The van der Waals surface area contributed by atoms with Gasteiger partial charge in [-0.1, -0.05) is 6.92 Å². The van der Waals surface area contributed by atoms with Gasteiger partial charge in [0.1, 0.15) is 6.61 Å². The second-order valence-electron chi connectivity index (χ2n) is 4.19. The summed E-state index contributed by atoms with van der Waals surface area (Å²) in [6.07, 6.45) is 1.11. The molecule has 5 nitrogen and oxygen atoms in total.